The zero-order chi connectivity index (χ0) is 32.6. The molecule has 12 heteroatoms. The van der Waals surface area contributed by atoms with Gasteiger partial charge in [0, 0.05) is 53.6 Å². The Labute approximate surface area is 265 Å². The summed E-state index contributed by atoms with van der Waals surface area (Å²) < 4.78 is 29.9. The lowest BCUT2D eigenvalue weighted by molar-refractivity contribution is -0.132. The largest absolute Gasteiger partial charge is 0.496 e. The van der Waals surface area contributed by atoms with Crippen molar-refractivity contribution in [2.24, 2.45) is 0 Å². The number of ether oxygens (including phenoxy) is 5. The Balaban J connectivity index is 1.58. The van der Waals surface area contributed by atoms with E-state index in [2.05, 4.69) is 17.0 Å². The van der Waals surface area contributed by atoms with Crippen LogP contribution in [0.15, 0.2) is 60.4 Å². The number of carboxylic acids is 2. The molecule has 5 rings (SSSR count). The van der Waals surface area contributed by atoms with Crippen LogP contribution in [-0.4, -0.2) is 57.9 Å². The van der Waals surface area contributed by atoms with Crippen LogP contribution >= 0.6 is 0 Å². The Bertz CT molecular complexity index is 1760. The molecule has 0 fully saturated rings. The highest BCUT2D eigenvalue weighted by Crippen LogP contribution is 2.40. The standard InChI is InChI=1S/C34H35N3O9/c1-4-5-8-11-37-32(26-18-35-31(43-3)16-28(26)44-19-21-9-6-7-10-25(21)34(40)41)24(17-36-37)13-23(33(38)39)12-22-14-29-30(46-20-45-29)15-27(22)42-2/h6-7,9-10,13-18H,4-5,8,11-12,19-20H2,1-3H3,(H,38,39)(H,40,41)/b23-13+. The summed E-state index contributed by atoms with van der Waals surface area (Å²) in [4.78, 5) is 28.8. The maximum atomic E-state index is 12.6. The molecule has 1 aliphatic rings. The molecule has 4 aromatic rings. The molecule has 0 spiro atoms. The number of nitrogens with zero attached hydrogens (tertiary/aromatic N) is 3. The molecule has 3 heterocycles. The minimum Gasteiger partial charge on any atom is -0.496 e. The molecule has 1 aliphatic heterocycles. The van der Waals surface area contributed by atoms with Gasteiger partial charge < -0.3 is 33.9 Å². The number of hydrogen-bond acceptors (Lipinski definition) is 9. The van der Waals surface area contributed by atoms with Crippen LogP contribution in [-0.2, 0) is 24.4 Å². The van der Waals surface area contributed by atoms with Crippen LogP contribution in [0.5, 0.6) is 28.9 Å². The third-order valence-electron chi connectivity index (χ3n) is 7.54. The molecule has 0 aliphatic carbocycles. The maximum Gasteiger partial charge on any atom is 0.336 e. The van der Waals surface area contributed by atoms with Gasteiger partial charge in [0.2, 0.25) is 12.7 Å². The number of benzene rings is 2. The highest BCUT2D eigenvalue weighted by Gasteiger charge is 2.23. The van der Waals surface area contributed by atoms with Crippen molar-refractivity contribution >= 4 is 18.0 Å². The SMILES string of the molecule is CCCCCn1ncc(/C=C(\Cc2cc3c(cc2OC)OCO3)C(=O)O)c1-c1cnc(OC)cc1OCc1ccccc1C(=O)O. The average Bonchev–Trinajstić information content (AvgIpc) is 3.69. The number of hydrogen-bond donors (Lipinski definition) is 2. The summed E-state index contributed by atoms with van der Waals surface area (Å²) in [5.41, 5.74) is 3.00. The summed E-state index contributed by atoms with van der Waals surface area (Å²) in [5.74, 6) is 0.00737. The van der Waals surface area contributed by atoms with Gasteiger partial charge in [-0.05, 0) is 24.6 Å². The van der Waals surface area contributed by atoms with Gasteiger partial charge in [0.1, 0.15) is 18.1 Å². The number of fused-ring (bicyclic) bond motifs is 1. The minimum atomic E-state index is -1.11. The molecular formula is C34H35N3O9. The molecule has 0 saturated heterocycles. The number of aromatic carboxylic acids is 1. The zero-order valence-electron chi connectivity index (χ0n) is 25.8. The molecule has 0 amide bonds. The summed E-state index contributed by atoms with van der Waals surface area (Å²) in [5, 5.41) is 24.6. The molecule has 0 atom stereocenters. The number of aromatic nitrogens is 3. The van der Waals surface area contributed by atoms with Gasteiger partial charge in [-0.25, -0.2) is 14.6 Å². The fraction of sp³-hybridized carbons (Fsp3) is 0.294. The zero-order valence-corrected chi connectivity index (χ0v) is 25.8. The lowest BCUT2D eigenvalue weighted by Gasteiger charge is -2.16. The van der Waals surface area contributed by atoms with Crippen LogP contribution in [0.3, 0.4) is 0 Å². The van der Waals surface area contributed by atoms with Crippen molar-refractivity contribution in [3.05, 3.63) is 82.7 Å². The van der Waals surface area contributed by atoms with Gasteiger partial charge in [0.15, 0.2) is 11.5 Å². The van der Waals surface area contributed by atoms with E-state index in [4.69, 9.17) is 23.7 Å². The van der Waals surface area contributed by atoms with Gasteiger partial charge in [-0.15, -0.1) is 0 Å². The smallest absolute Gasteiger partial charge is 0.336 e. The molecule has 0 unspecified atom stereocenters. The van der Waals surface area contributed by atoms with E-state index in [-0.39, 0.29) is 31.0 Å². The Kier molecular flexibility index (Phi) is 10.1. The molecule has 0 saturated carbocycles. The molecular weight excluding hydrogens is 594 g/mol. The first kappa shape index (κ1) is 31.9. The number of unbranched alkanes of at least 4 members (excludes halogenated alkanes) is 2. The van der Waals surface area contributed by atoms with Gasteiger partial charge in [-0.3, -0.25) is 4.68 Å². The topological polar surface area (TPSA) is 151 Å². The summed E-state index contributed by atoms with van der Waals surface area (Å²) >= 11 is 0. The van der Waals surface area contributed by atoms with Crippen LogP contribution in [0.1, 0.15) is 53.2 Å². The van der Waals surface area contributed by atoms with Crippen molar-refractivity contribution in [3.8, 4) is 40.1 Å². The van der Waals surface area contributed by atoms with E-state index in [0.717, 1.165) is 19.3 Å². The molecule has 2 aromatic carbocycles. The molecule has 2 aromatic heterocycles. The van der Waals surface area contributed by atoms with E-state index < -0.39 is 11.9 Å². The first-order valence-corrected chi connectivity index (χ1v) is 14.8. The highest BCUT2D eigenvalue weighted by molar-refractivity contribution is 5.94. The average molecular weight is 630 g/mol. The van der Waals surface area contributed by atoms with E-state index >= 15 is 0 Å². The van der Waals surface area contributed by atoms with Crippen molar-refractivity contribution in [1.82, 2.24) is 14.8 Å². The van der Waals surface area contributed by atoms with Crippen molar-refractivity contribution < 1.29 is 43.5 Å². The number of aryl methyl sites for hydroxylation is 1. The summed E-state index contributed by atoms with van der Waals surface area (Å²) in [6.45, 7) is 2.72. The fourth-order valence-corrected chi connectivity index (χ4v) is 5.19. The third kappa shape index (κ3) is 7.06. The lowest BCUT2D eigenvalue weighted by Crippen LogP contribution is -2.08. The van der Waals surface area contributed by atoms with Crippen LogP contribution in [0.4, 0.5) is 0 Å². The number of methoxy groups -OCH3 is 2. The van der Waals surface area contributed by atoms with Crippen molar-refractivity contribution in [3.63, 3.8) is 0 Å². The minimum absolute atomic E-state index is 0.0335. The quantitative estimate of drug-likeness (QED) is 0.120. The van der Waals surface area contributed by atoms with Gasteiger partial charge in [0.25, 0.3) is 0 Å². The van der Waals surface area contributed by atoms with Crippen molar-refractivity contribution in [1.29, 1.82) is 0 Å². The second-order valence-electron chi connectivity index (χ2n) is 10.5. The van der Waals surface area contributed by atoms with Crippen molar-refractivity contribution in [2.45, 2.75) is 45.8 Å². The first-order valence-electron chi connectivity index (χ1n) is 14.8. The van der Waals surface area contributed by atoms with Crippen molar-refractivity contribution in [2.75, 3.05) is 21.0 Å². The van der Waals surface area contributed by atoms with Gasteiger partial charge >= 0.3 is 11.9 Å². The van der Waals surface area contributed by atoms with Crippen LogP contribution in [0, 0.1) is 0 Å². The predicted octanol–water partition coefficient (Wildman–Crippen LogP) is 5.87. The van der Waals surface area contributed by atoms with Gasteiger partial charge in [-0.2, -0.15) is 5.10 Å². The summed E-state index contributed by atoms with van der Waals surface area (Å²) in [7, 11) is 2.99. The molecule has 0 radical (unpaired) electrons. The monoisotopic (exact) mass is 629 g/mol. The summed E-state index contributed by atoms with van der Waals surface area (Å²) in [6, 6.07) is 11.6. The van der Waals surface area contributed by atoms with E-state index in [1.165, 1.54) is 20.3 Å². The number of pyridine rings is 1. The number of rotatable bonds is 15. The summed E-state index contributed by atoms with van der Waals surface area (Å²) in [6.07, 6.45) is 7.65. The maximum absolute atomic E-state index is 12.6. The predicted molar refractivity (Wildman–Crippen MR) is 168 cm³/mol. The Morgan fingerprint density at radius 1 is 0.978 bits per heavy atom. The first-order chi connectivity index (χ1) is 22.3. The van der Waals surface area contributed by atoms with Gasteiger partial charge in [-0.1, -0.05) is 38.0 Å². The fourth-order valence-electron chi connectivity index (χ4n) is 5.19. The molecule has 2 N–H and O–H groups in total. The van der Waals surface area contributed by atoms with E-state index in [1.807, 2.05) is 4.68 Å². The Hall–Kier alpha value is -5.52. The van der Waals surface area contributed by atoms with Gasteiger partial charge in [0.05, 0.1) is 37.2 Å². The van der Waals surface area contributed by atoms with E-state index in [0.29, 0.717) is 63.4 Å². The van der Waals surface area contributed by atoms with E-state index in [9.17, 15) is 19.8 Å². The molecule has 240 valence electrons. The normalized spacial score (nSPS) is 12.2. The molecule has 0 bridgehead atoms. The second-order valence-corrected chi connectivity index (χ2v) is 10.5. The number of aliphatic carboxylic acids is 1. The van der Waals surface area contributed by atoms with E-state index in [1.54, 1.807) is 54.9 Å². The Morgan fingerprint density at radius 2 is 1.76 bits per heavy atom. The van der Waals surface area contributed by atoms with Crippen LogP contribution in [0.2, 0.25) is 0 Å². The second kappa shape index (κ2) is 14.5. The number of carboxylic acid groups (broad SMARTS) is 2. The van der Waals surface area contributed by atoms with Crippen LogP contribution < -0.4 is 23.7 Å². The molecule has 46 heavy (non-hydrogen) atoms. The van der Waals surface area contributed by atoms with Crippen LogP contribution in [0.25, 0.3) is 17.3 Å². The third-order valence-corrected chi connectivity index (χ3v) is 7.54. The lowest BCUT2D eigenvalue weighted by atomic mass is 10.00. The Morgan fingerprint density at radius 3 is 2.48 bits per heavy atom. The highest BCUT2D eigenvalue weighted by atomic mass is 16.7. The number of carbonyl (C=O) groups is 2. The molecule has 12 nitrogen and oxygen atoms in total.